The van der Waals surface area contributed by atoms with E-state index in [9.17, 15) is 9.59 Å². The van der Waals surface area contributed by atoms with E-state index in [1.54, 1.807) is 12.0 Å². The second-order valence-electron chi connectivity index (χ2n) is 6.28. The standard InChI is InChI=1S/C18H26N2O4/c1-23-11-9-18(17(19)22)8-5-10-20(14-18)16(21)13-24-12-15-6-3-2-4-7-15/h2-4,6-7H,5,8-14H2,1H3,(H2,19,22). The van der Waals surface area contributed by atoms with E-state index in [4.69, 9.17) is 15.2 Å². The average Bonchev–Trinajstić information content (AvgIpc) is 2.61. The highest BCUT2D eigenvalue weighted by Gasteiger charge is 2.41. The molecule has 1 unspecified atom stereocenters. The fraction of sp³-hybridized carbons (Fsp3) is 0.556. The molecule has 6 nitrogen and oxygen atoms in total. The van der Waals surface area contributed by atoms with Crippen molar-refractivity contribution in [2.24, 2.45) is 11.1 Å². The highest BCUT2D eigenvalue weighted by molar-refractivity contribution is 5.83. The maximum absolute atomic E-state index is 12.4. The topological polar surface area (TPSA) is 81.9 Å². The number of likely N-dealkylation sites (tertiary alicyclic amines) is 1. The summed E-state index contributed by atoms with van der Waals surface area (Å²) in [5.41, 5.74) is 5.95. The third-order valence-electron chi connectivity index (χ3n) is 4.57. The molecule has 1 aliphatic rings. The average molecular weight is 334 g/mol. The molecule has 24 heavy (non-hydrogen) atoms. The first-order valence-corrected chi connectivity index (χ1v) is 8.26. The Morgan fingerprint density at radius 3 is 2.71 bits per heavy atom. The molecule has 1 fully saturated rings. The Kier molecular flexibility index (Phi) is 6.75. The number of nitrogens with zero attached hydrogens (tertiary/aromatic N) is 1. The Bertz CT molecular complexity index is 549. The van der Waals surface area contributed by atoms with Crippen molar-refractivity contribution < 1.29 is 19.1 Å². The van der Waals surface area contributed by atoms with Crippen molar-refractivity contribution in [3.63, 3.8) is 0 Å². The Morgan fingerprint density at radius 1 is 1.29 bits per heavy atom. The van der Waals surface area contributed by atoms with Gasteiger partial charge in [-0.2, -0.15) is 0 Å². The number of nitrogens with two attached hydrogens (primary N) is 1. The summed E-state index contributed by atoms with van der Waals surface area (Å²) >= 11 is 0. The molecule has 0 radical (unpaired) electrons. The lowest BCUT2D eigenvalue weighted by molar-refractivity contribution is -0.144. The van der Waals surface area contributed by atoms with Gasteiger partial charge in [0.2, 0.25) is 11.8 Å². The highest BCUT2D eigenvalue weighted by atomic mass is 16.5. The van der Waals surface area contributed by atoms with E-state index in [1.807, 2.05) is 30.3 Å². The van der Waals surface area contributed by atoms with E-state index in [-0.39, 0.29) is 18.4 Å². The van der Waals surface area contributed by atoms with Crippen LogP contribution in [-0.2, 0) is 25.7 Å². The lowest BCUT2D eigenvalue weighted by atomic mass is 9.76. The van der Waals surface area contributed by atoms with Crippen molar-refractivity contribution in [1.82, 2.24) is 4.90 Å². The van der Waals surface area contributed by atoms with Crippen LogP contribution in [-0.4, -0.2) is 50.1 Å². The van der Waals surface area contributed by atoms with E-state index in [1.165, 1.54) is 0 Å². The Morgan fingerprint density at radius 2 is 2.04 bits per heavy atom. The smallest absolute Gasteiger partial charge is 0.248 e. The molecule has 2 amide bonds. The van der Waals surface area contributed by atoms with Crippen LogP contribution in [0.5, 0.6) is 0 Å². The number of primary amides is 1. The van der Waals surface area contributed by atoms with Gasteiger partial charge in [-0.05, 0) is 24.8 Å². The van der Waals surface area contributed by atoms with Crippen molar-refractivity contribution in [2.75, 3.05) is 33.4 Å². The van der Waals surface area contributed by atoms with Crippen LogP contribution in [0.2, 0.25) is 0 Å². The summed E-state index contributed by atoms with van der Waals surface area (Å²) in [6.07, 6.45) is 1.99. The number of methoxy groups -OCH3 is 1. The molecule has 2 rings (SSSR count). The molecular weight excluding hydrogens is 308 g/mol. The second-order valence-corrected chi connectivity index (χ2v) is 6.28. The van der Waals surface area contributed by atoms with Gasteiger partial charge in [-0.15, -0.1) is 0 Å². The predicted octanol–water partition coefficient (Wildman–Crippen LogP) is 1.33. The second kappa shape index (κ2) is 8.80. The maximum Gasteiger partial charge on any atom is 0.248 e. The number of ether oxygens (including phenoxy) is 2. The minimum Gasteiger partial charge on any atom is -0.385 e. The first-order chi connectivity index (χ1) is 11.6. The fourth-order valence-electron chi connectivity index (χ4n) is 3.09. The van der Waals surface area contributed by atoms with Crippen LogP contribution < -0.4 is 5.73 Å². The van der Waals surface area contributed by atoms with Gasteiger partial charge in [0.25, 0.3) is 0 Å². The molecule has 0 saturated carbocycles. The molecule has 132 valence electrons. The van der Waals surface area contributed by atoms with Gasteiger partial charge in [0, 0.05) is 26.8 Å². The van der Waals surface area contributed by atoms with Gasteiger partial charge in [-0.1, -0.05) is 30.3 Å². The van der Waals surface area contributed by atoms with Crippen molar-refractivity contribution >= 4 is 11.8 Å². The number of hydrogen-bond acceptors (Lipinski definition) is 4. The number of benzene rings is 1. The number of piperidine rings is 1. The molecule has 1 aromatic carbocycles. The zero-order chi connectivity index (χ0) is 17.4. The van der Waals surface area contributed by atoms with Gasteiger partial charge in [-0.3, -0.25) is 9.59 Å². The number of amides is 2. The lowest BCUT2D eigenvalue weighted by Crippen LogP contribution is -2.53. The van der Waals surface area contributed by atoms with E-state index in [2.05, 4.69) is 0 Å². The van der Waals surface area contributed by atoms with E-state index in [0.717, 1.165) is 12.0 Å². The first kappa shape index (κ1) is 18.4. The quantitative estimate of drug-likeness (QED) is 0.778. The number of carbonyl (C=O) groups is 2. The molecule has 1 heterocycles. The largest absolute Gasteiger partial charge is 0.385 e. The van der Waals surface area contributed by atoms with Crippen molar-refractivity contribution in [3.05, 3.63) is 35.9 Å². The molecule has 1 saturated heterocycles. The lowest BCUT2D eigenvalue weighted by Gasteiger charge is -2.40. The van der Waals surface area contributed by atoms with Gasteiger partial charge in [0.05, 0.1) is 12.0 Å². The molecule has 1 aliphatic heterocycles. The third kappa shape index (κ3) is 4.79. The van der Waals surface area contributed by atoms with Crippen LogP contribution in [0.4, 0.5) is 0 Å². The molecule has 0 aliphatic carbocycles. The molecule has 1 atom stereocenters. The van der Waals surface area contributed by atoms with E-state index < -0.39 is 5.41 Å². The molecule has 0 aromatic heterocycles. The highest BCUT2D eigenvalue weighted by Crippen LogP contribution is 2.33. The van der Waals surface area contributed by atoms with Crippen LogP contribution in [0.1, 0.15) is 24.8 Å². The zero-order valence-electron chi connectivity index (χ0n) is 14.2. The number of carbonyl (C=O) groups excluding carboxylic acids is 2. The van der Waals surface area contributed by atoms with Crippen LogP contribution >= 0.6 is 0 Å². The van der Waals surface area contributed by atoms with Crippen LogP contribution in [0.3, 0.4) is 0 Å². The summed E-state index contributed by atoms with van der Waals surface area (Å²) in [5.74, 6) is -0.462. The van der Waals surface area contributed by atoms with E-state index >= 15 is 0 Å². The molecular formula is C18H26N2O4. The minimum absolute atomic E-state index is 0.00795. The summed E-state index contributed by atoms with van der Waals surface area (Å²) < 4.78 is 10.6. The summed E-state index contributed by atoms with van der Waals surface area (Å²) in [4.78, 5) is 26.0. The van der Waals surface area contributed by atoms with Gasteiger partial charge in [0.15, 0.2) is 0 Å². The summed E-state index contributed by atoms with van der Waals surface area (Å²) in [5, 5.41) is 0. The fourth-order valence-corrected chi connectivity index (χ4v) is 3.09. The van der Waals surface area contributed by atoms with Gasteiger partial charge in [0.1, 0.15) is 6.61 Å². The molecule has 0 bridgehead atoms. The molecule has 2 N–H and O–H groups in total. The van der Waals surface area contributed by atoms with Crippen molar-refractivity contribution in [3.8, 4) is 0 Å². The summed E-state index contributed by atoms with van der Waals surface area (Å²) in [6, 6.07) is 9.71. The molecule has 0 spiro atoms. The predicted molar refractivity (Wildman–Crippen MR) is 90.0 cm³/mol. The first-order valence-electron chi connectivity index (χ1n) is 8.26. The van der Waals surface area contributed by atoms with Gasteiger partial charge >= 0.3 is 0 Å². The summed E-state index contributed by atoms with van der Waals surface area (Å²) in [6.45, 7) is 1.84. The monoisotopic (exact) mass is 334 g/mol. The zero-order valence-corrected chi connectivity index (χ0v) is 14.2. The van der Waals surface area contributed by atoms with Crippen LogP contribution in [0, 0.1) is 5.41 Å². The number of hydrogen-bond donors (Lipinski definition) is 1. The Labute approximate surface area is 142 Å². The van der Waals surface area contributed by atoms with Gasteiger partial charge in [-0.25, -0.2) is 0 Å². The Hall–Kier alpha value is -1.92. The van der Waals surface area contributed by atoms with Crippen LogP contribution in [0.25, 0.3) is 0 Å². The minimum atomic E-state index is -0.691. The van der Waals surface area contributed by atoms with Crippen molar-refractivity contribution in [2.45, 2.75) is 25.9 Å². The van der Waals surface area contributed by atoms with Gasteiger partial charge < -0.3 is 20.1 Å². The normalized spacial score (nSPS) is 20.8. The van der Waals surface area contributed by atoms with Crippen molar-refractivity contribution in [1.29, 1.82) is 0 Å². The maximum atomic E-state index is 12.4. The SMILES string of the molecule is COCCC1(C(N)=O)CCCN(C(=O)COCc2ccccc2)C1. The third-order valence-corrected chi connectivity index (χ3v) is 4.57. The van der Waals surface area contributed by atoms with E-state index in [0.29, 0.717) is 39.1 Å². The summed E-state index contributed by atoms with van der Waals surface area (Å²) in [7, 11) is 1.60. The number of rotatable bonds is 8. The van der Waals surface area contributed by atoms with Crippen LogP contribution in [0.15, 0.2) is 30.3 Å². The molecule has 1 aromatic rings. The Balaban J connectivity index is 1.88. The molecule has 6 heteroatoms.